The third-order valence-electron chi connectivity index (χ3n) is 3.23. The lowest BCUT2D eigenvalue weighted by atomic mass is 10.2. The van der Waals surface area contributed by atoms with E-state index in [1.807, 2.05) is 12.1 Å². The van der Waals surface area contributed by atoms with Crippen LogP contribution < -0.4 is 10.1 Å². The van der Waals surface area contributed by atoms with E-state index in [0.29, 0.717) is 23.6 Å². The summed E-state index contributed by atoms with van der Waals surface area (Å²) in [6.45, 7) is 0.297. The third-order valence-corrected chi connectivity index (χ3v) is 3.23. The molecule has 0 bridgehead atoms. The number of aromatic nitrogens is 4. The quantitative estimate of drug-likeness (QED) is 0.774. The van der Waals surface area contributed by atoms with Gasteiger partial charge in [-0.1, -0.05) is 5.21 Å². The number of methoxy groups -OCH3 is 1. The molecular weight excluding hydrogens is 294 g/mol. The van der Waals surface area contributed by atoms with Crippen molar-refractivity contribution < 1.29 is 9.53 Å². The van der Waals surface area contributed by atoms with Gasteiger partial charge in [0, 0.05) is 11.8 Å². The molecule has 2 heterocycles. The monoisotopic (exact) mass is 309 g/mol. The Morgan fingerprint density at radius 3 is 2.78 bits per heavy atom. The highest BCUT2D eigenvalue weighted by Crippen LogP contribution is 2.11. The zero-order valence-electron chi connectivity index (χ0n) is 12.5. The molecule has 1 N–H and O–H groups in total. The second kappa shape index (κ2) is 6.69. The predicted molar refractivity (Wildman–Crippen MR) is 83.3 cm³/mol. The van der Waals surface area contributed by atoms with E-state index in [9.17, 15) is 4.79 Å². The SMILES string of the molecule is COc1ccc(C(=O)NCc2cn(-c3cccnc3)nn2)cc1. The molecule has 0 fully saturated rings. The Labute approximate surface area is 132 Å². The first-order valence-corrected chi connectivity index (χ1v) is 7.00. The largest absolute Gasteiger partial charge is 0.497 e. The van der Waals surface area contributed by atoms with Crippen LogP contribution in [-0.4, -0.2) is 33.0 Å². The molecule has 1 aromatic carbocycles. The van der Waals surface area contributed by atoms with Gasteiger partial charge in [0.15, 0.2) is 0 Å². The Morgan fingerprint density at radius 1 is 1.26 bits per heavy atom. The lowest BCUT2D eigenvalue weighted by Crippen LogP contribution is -2.22. The summed E-state index contributed by atoms with van der Waals surface area (Å²) >= 11 is 0. The fourth-order valence-electron chi connectivity index (χ4n) is 2.01. The molecule has 0 saturated carbocycles. The maximum atomic E-state index is 12.1. The molecular formula is C16H15N5O2. The zero-order valence-corrected chi connectivity index (χ0v) is 12.5. The van der Waals surface area contributed by atoms with E-state index in [-0.39, 0.29) is 5.91 Å². The Morgan fingerprint density at radius 2 is 2.09 bits per heavy atom. The Balaban J connectivity index is 1.62. The van der Waals surface area contributed by atoms with E-state index in [4.69, 9.17) is 4.74 Å². The first-order valence-electron chi connectivity index (χ1n) is 7.00. The molecule has 0 spiro atoms. The van der Waals surface area contributed by atoms with Gasteiger partial charge in [0.2, 0.25) is 0 Å². The lowest BCUT2D eigenvalue weighted by molar-refractivity contribution is 0.0950. The maximum absolute atomic E-state index is 12.1. The summed E-state index contributed by atoms with van der Waals surface area (Å²) in [5.41, 5.74) is 2.04. The topological polar surface area (TPSA) is 81.9 Å². The van der Waals surface area contributed by atoms with Crippen LogP contribution in [0.2, 0.25) is 0 Å². The molecule has 0 aliphatic heterocycles. The summed E-state index contributed by atoms with van der Waals surface area (Å²) in [6.07, 6.45) is 5.14. The zero-order chi connectivity index (χ0) is 16.1. The van der Waals surface area contributed by atoms with E-state index in [1.165, 1.54) is 0 Å². The lowest BCUT2D eigenvalue weighted by Gasteiger charge is -2.04. The van der Waals surface area contributed by atoms with Gasteiger partial charge >= 0.3 is 0 Å². The van der Waals surface area contributed by atoms with E-state index >= 15 is 0 Å². The summed E-state index contributed by atoms with van der Waals surface area (Å²) in [6, 6.07) is 10.6. The molecule has 2 aromatic heterocycles. The number of nitrogens with one attached hydrogen (secondary N) is 1. The van der Waals surface area contributed by atoms with Crippen molar-refractivity contribution in [1.29, 1.82) is 0 Å². The molecule has 1 amide bonds. The van der Waals surface area contributed by atoms with Gasteiger partial charge in [-0.2, -0.15) is 0 Å². The number of carbonyl (C=O) groups excluding carboxylic acids is 1. The van der Waals surface area contributed by atoms with Crippen LogP contribution in [0.5, 0.6) is 5.75 Å². The molecule has 0 saturated heterocycles. The summed E-state index contributed by atoms with van der Waals surface area (Å²) in [4.78, 5) is 16.1. The van der Waals surface area contributed by atoms with Gasteiger partial charge < -0.3 is 10.1 Å². The van der Waals surface area contributed by atoms with Gasteiger partial charge in [-0.25, -0.2) is 4.68 Å². The second-order valence-corrected chi connectivity index (χ2v) is 4.78. The maximum Gasteiger partial charge on any atom is 0.251 e. The highest BCUT2D eigenvalue weighted by Gasteiger charge is 2.08. The van der Waals surface area contributed by atoms with Gasteiger partial charge in [-0.3, -0.25) is 9.78 Å². The molecule has 7 nitrogen and oxygen atoms in total. The van der Waals surface area contributed by atoms with Gasteiger partial charge in [0.05, 0.1) is 31.7 Å². The summed E-state index contributed by atoms with van der Waals surface area (Å²) in [7, 11) is 1.58. The average Bonchev–Trinajstić information content (AvgIpc) is 3.09. The highest BCUT2D eigenvalue weighted by atomic mass is 16.5. The van der Waals surface area contributed by atoms with Crippen molar-refractivity contribution in [3.63, 3.8) is 0 Å². The first kappa shape index (κ1) is 14.7. The van der Waals surface area contributed by atoms with Crippen LogP contribution in [0.25, 0.3) is 5.69 Å². The number of nitrogens with zero attached hydrogens (tertiary/aromatic N) is 4. The average molecular weight is 309 g/mol. The van der Waals surface area contributed by atoms with Crippen molar-refractivity contribution in [2.45, 2.75) is 6.54 Å². The fourth-order valence-corrected chi connectivity index (χ4v) is 2.01. The number of carbonyl (C=O) groups is 1. The van der Waals surface area contributed by atoms with Crippen LogP contribution in [0.4, 0.5) is 0 Å². The Kier molecular flexibility index (Phi) is 4.28. The molecule has 7 heteroatoms. The van der Waals surface area contributed by atoms with Crippen molar-refractivity contribution in [2.75, 3.05) is 7.11 Å². The number of benzene rings is 1. The number of hydrogen-bond acceptors (Lipinski definition) is 5. The van der Waals surface area contributed by atoms with E-state index < -0.39 is 0 Å². The third kappa shape index (κ3) is 3.52. The fraction of sp³-hybridized carbons (Fsp3) is 0.125. The Hall–Kier alpha value is -3.22. The minimum atomic E-state index is -0.177. The smallest absolute Gasteiger partial charge is 0.251 e. The van der Waals surface area contributed by atoms with Crippen molar-refractivity contribution >= 4 is 5.91 Å². The molecule has 0 atom stereocenters. The second-order valence-electron chi connectivity index (χ2n) is 4.78. The van der Waals surface area contributed by atoms with E-state index in [0.717, 1.165) is 5.69 Å². The summed E-state index contributed by atoms with van der Waals surface area (Å²) < 4.78 is 6.68. The van der Waals surface area contributed by atoms with Crippen molar-refractivity contribution in [2.24, 2.45) is 0 Å². The molecule has 3 aromatic rings. The van der Waals surface area contributed by atoms with Gasteiger partial charge in [0.25, 0.3) is 5.91 Å². The van der Waals surface area contributed by atoms with Gasteiger partial charge in [-0.05, 0) is 36.4 Å². The highest BCUT2D eigenvalue weighted by molar-refractivity contribution is 5.94. The molecule has 3 rings (SSSR count). The van der Waals surface area contributed by atoms with Gasteiger partial charge in [-0.15, -0.1) is 5.10 Å². The van der Waals surface area contributed by atoms with Crippen LogP contribution in [0.1, 0.15) is 16.1 Å². The molecule has 0 unspecified atom stereocenters. The normalized spacial score (nSPS) is 10.3. The number of amides is 1. The summed E-state index contributed by atoms with van der Waals surface area (Å²) in [5, 5.41) is 10.9. The van der Waals surface area contributed by atoms with Crippen molar-refractivity contribution in [3.8, 4) is 11.4 Å². The van der Waals surface area contributed by atoms with Crippen LogP contribution in [0.3, 0.4) is 0 Å². The van der Waals surface area contributed by atoms with Crippen molar-refractivity contribution in [1.82, 2.24) is 25.3 Å². The molecule has 116 valence electrons. The van der Waals surface area contributed by atoms with E-state index in [1.54, 1.807) is 54.6 Å². The van der Waals surface area contributed by atoms with Gasteiger partial charge in [0.1, 0.15) is 11.4 Å². The molecule has 0 aliphatic rings. The predicted octanol–water partition coefficient (Wildman–Crippen LogP) is 1.60. The van der Waals surface area contributed by atoms with Crippen LogP contribution in [0, 0.1) is 0 Å². The Bertz CT molecular complexity index is 784. The number of rotatable bonds is 5. The minimum absolute atomic E-state index is 0.177. The standard InChI is InChI=1S/C16H15N5O2/c1-23-15-6-4-12(5-7-15)16(22)18-9-13-11-21(20-19-13)14-3-2-8-17-10-14/h2-8,10-11H,9H2,1H3,(H,18,22). The van der Waals surface area contributed by atoms with E-state index in [2.05, 4.69) is 20.6 Å². The molecule has 0 radical (unpaired) electrons. The number of pyridine rings is 1. The van der Waals surface area contributed by atoms with Crippen molar-refractivity contribution in [3.05, 3.63) is 66.2 Å². The minimum Gasteiger partial charge on any atom is -0.497 e. The number of hydrogen-bond donors (Lipinski definition) is 1. The molecule has 0 aliphatic carbocycles. The summed E-state index contributed by atoms with van der Waals surface area (Å²) in [5.74, 6) is 0.532. The van der Waals surface area contributed by atoms with Crippen LogP contribution in [-0.2, 0) is 6.54 Å². The van der Waals surface area contributed by atoms with Crippen LogP contribution >= 0.6 is 0 Å². The number of ether oxygens (including phenoxy) is 1. The van der Waals surface area contributed by atoms with Crippen LogP contribution in [0.15, 0.2) is 55.0 Å². The molecule has 23 heavy (non-hydrogen) atoms. The first-order chi connectivity index (χ1) is 11.3.